The van der Waals surface area contributed by atoms with Crippen molar-refractivity contribution in [1.29, 1.82) is 0 Å². The molecule has 0 atom stereocenters. The number of nitrogens with zero attached hydrogens (tertiary/aromatic N) is 3. The van der Waals surface area contributed by atoms with Crippen LogP contribution < -0.4 is 20.1 Å². The van der Waals surface area contributed by atoms with Crippen molar-refractivity contribution in [3.8, 4) is 17.2 Å². The number of rotatable bonds is 11. The molecule has 0 radical (unpaired) electrons. The molecule has 0 aliphatic carbocycles. The lowest BCUT2D eigenvalue weighted by atomic mass is 10.1. The van der Waals surface area contributed by atoms with E-state index in [1.807, 2.05) is 24.5 Å². The van der Waals surface area contributed by atoms with Gasteiger partial charge in [0.15, 0.2) is 0 Å². The van der Waals surface area contributed by atoms with E-state index in [0.29, 0.717) is 51.8 Å². The molecule has 0 fully saturated rings. The molecule has 40 heavy (non-hydrogen) atoms. The van der Waals surface area contributed by atoms with Gasteiger partial charge in [0.2, 0.25) is 5.91 Å². The summed E-state index contributed by atoms with van der Waals surface area (Å²) in [6, 6.07) is 21.3. The summed E-state index contributed by atoms with van der Waals surface area (Å²) in [6.45, 7) is 4.81. The Labute approximate surface area is 231 Å². The number of hydrogen-bond acceptors (Lipinski definition) is 6. The summed E-state index contributed by atoms with van der Waals surface area (Å²) >= 11 is 0. The zero-order chi connectivity index (χ0) is 27.7. The smallest absolute Gasteiger partial charge is 0.256 e. The van der Waals surface area contributed by atoms with E-state index in [-0.39, 0.29) is 11.8 Å². The van der Waals surface area contributed by atoms with Gasteiger partial charge in [-0.15, -0.1) is 0 Å². The van der Waals surface area contributed by atoms with E-state index in [1.165, 1.54) is 6.08 Å². The fourth-order valence-corrected chi connectivity index (χ4v) is 4.01. The molecule has 3 heterocycles. The summed E-state index contributed by atoms with van der Waals surface area (Å²) in [5.74, 6) is 1.40. The van der Waals surface area contributed by atoms with Crippen molar-refractivity contribution >= 4 is 34.2 Å². The number of pyridine rings is 2. The molecular formula is C31H27N5O4. The van der Waals surface area contributed by atoms with Crippen molar-refractivity contribution in [3.05, 3.63) is 116 Å². The molecule has 200 valence electrons. The molecule has 9 nitrogen and oxygen atoms in total. The summed E-state index contributed by atoms with van der Waals surface area (Å²) in [4.78, 5) is 33.3. The average molecular weight is 534 g/mol. The molecule has 0 saturated carbocycles. The molecule has 0 aliphatic heterocycles. The number of ether oxygens (including phenoxy) is 2. The minimum Gasteiger partial charge on any atom is -0.491 e. The highest BCUT2D eigenvalue weighted by Crippen LogP contribution is 2.36. The molecule has 5 aromatic rings. The van der Waals surface area contributed by atoms with E-state index < -0.39 is 0 Å². The molecule has 0 bridgehead atoms. The average Bonchev–Trinajstić information content (AvgIpc) is 3.50. The normalized spacial score (nSPS) is 10.6. The van der Waals surface area contributed by atoms with Gasteiger partial charge in [0.1, 0.15) is 23.1 Å². The summed E-state index contributed by atoms with van der Waals surface area (Å²) in [5, 5.41) is 6.25. The quantitative estimate of drug-likeness (QED) is 0.158. The number of hydrogen-bond donors (Lipinski definition) is 2. The first-order valence-corrected chi connectivity index (χ1v) is 12.7. The molecule has 2 amide bonds. The number of carbonyl (C=O) groups is 2. The molecule has 3 aromatic heterocycles. The third-order valence-corrected chi connectivity index (χ3v) is 5.98. The Morgan fingerprint density at radius 2 is 1.73 bits per heavy atom. The van der Waals surface area contributed by atoms with Crippen LogP contribution in [-0.2, 0) is 11.3 Å². The number of anilines is 2. The second kappa shape index (κ2) is 12.4. The first-order valence-electron chi connectivity index (χ1n) is 12.7. The van der Waals surface area contributed by atoms with E-state index in [9.17, 15) is 9.59 Å². The van der Waals surface area contributed by atoms with Crippen LogP contribution in [-0.4, -0.2) is 33.0 Å². The van der Waals surface area contributed by atoms with Crippen LogP contribution in [0.15, 0.2) is 110 Å². The number of fused-ring (bicyclic) bond motifs is 1. The Morgan fingerprint density at radius 3 is 2.48 bits per heavy atom. The SMILES string of the molecule is C=CC(=O)Nc1cc2c(Oc3ccc(C(=O)Nc4ccccn4)cc3)ccnc2cc1OCCCn1cccc1. The Kier molecular flexibility index (Phi) is 8.12. The van der Waals surface area contributed by atoms with E-state index >= 15 is 0 Å². The number of benzene rings is 2. The van der Waals surface area contributed by atoms with Crippen LogP contribution in [0.25, 0.3) is 10.9 Å². The first-order chi connectivity index (χ1) is 19.6. The largest absolute Gasteiger partial charge is 0.491 e. The zero-order valence-corrected chi connectivity index (χ0v) is 21.6. The molecule has 2 N–H and O–H groups in total. The predicted octanol–water partition coefficient (Wildman–Crippen LogP) is 6.07. The highest BCUT2D eigenvalue weighted by atomic mass is 16.5. The van der Waals surface area contributed by atoms with E-state index in [1.54, 1.807) is 73.1 Å². The topological polar surface area (TPSA) is 107 Å². The van der Waals surface area contributed by atoms with Crippen molar-refractivity contribution < 1.29 is 19.1 Å². The monoisotopic (exact) mass is 533 g/mol. The third kappa shape index (κ3) is 6.51. The molecular weight excluding hydrogens is 506 g/mol. The van der Waals surface area contributed by atoms with Crippen LogP contribution in [0.5, 0.6) is 17.2 Å². The molecule has 9 heteroatoms. The maximum atomic E-state index is 12.5. The second-order valence-corrected chi connectivity index (χ2v) is 8.79. The fraction of sp³-hybridized carbons (Fsp3) is 0.0968. The second-order valence-electron chi connectivity index (χ2n) is 8.79. The lowest BCUT2D eigenvalue weighted by molar-refractivity contribution is -0.111. The number of carbonyl (C=O) groups excluding carboxylic acids is 2. The molecule has 0 unspecified atom stereocenters. The maximum Gasteiger partial charge on any atom is 0.256 e. The van der Waals surface area contributed by atoms with Crippen molar-refractivity contribution in [2.45, 2.75) is 13.0 Å². The van der Waals surface area contributed by atoms with Crippen molar-refractivity contribution in [2.24, 2.45) is 0 Å². The highest BCUT2D eigenvalue weighted by Gasteiger charge is 2.14. The lowest BCUT2D eigenvalue weighted by Crippen LogP contribution is -2.12. The van der Waals surface area contributed by atoms with Crippen LogP contribution >= 0.6 is 0 Å². The van der Waals surface area contributed by atoms with Crippen LogP contribution in [0, 0.1) is 0 Å². The fourth-order valence-electron chi connectivity index (χ4n) is 4.01. The predicted molar refractivity (Wildman–Crippen MR) is 154 cm³/mol. The maximum absolute atomic E-state index is 12.5. The number of nitrogens with one attached hydrogen (secondary N) is 2. The molecule has 0 saturated heterocycles. The first kappa shape index (κ1) is 26.2. The van der Waals surface area contributed by atoms with Gasteiger partial charge in [-0.05, 0) is 73.2 Å². The van der Waals surface area contributed by atoms with Gasteiger partial charge in [-0.25, -0.2) is 4.98 Å². The highest BCUT2D eigenvalue weighted by molar-refractivity contribution is 6.04. The van der Waals surface area contributed by atoms with Crippen LogP contribution in [0.1, 0.15) is 16.8 Å². The Bertz CT molecular complexity index is 1620. The van der Waals surface area contributed by atoms with E-state index in [0.717, 1.165) is 13.0 Å². The number of amides is 2. The minimum atomic E-state index is -0.359. The van der Waals surface area contributed by atoms with Gasteiger partial charge in [0, 0.05) is 48.3 Å². The van der Waals surface area contributed by atoms with E-state index in [2.05, 4.69) is 31.7 Å². The third-order valence-electron chi connectivity index (χ3n) is 5.98. The molecule has 2 aromatic carbocycles. The summed E-state index contributed by atoms with van der Waals surface area (Å²) < 4.78 is 14.3. The summed E-state index contributed by atoms with van der Waals surface area (Å²) in [7, 11) is 0. The lowest BCUT2D eigenvalue weighted by Gasteiger charge is -2.15. The van der Waals surface area contributed by atoms with Crippen LogP contribution in [0.3, 0.4) is 0 Å². The van der Waals surface area contributed by atoms with Crippen molar-refractivity contribution in [2.75, 3.05) is 17.2 Å². The molecule has 0 spiro atoms. The van der Waals surface area contributed by atoms with Crippen molar-refractivity contribution in [3.63, 3.8) is 0 Å². The van der Waals surface area contributed by atoms with Gasteiger partial charge < -0.3 is 24.7 Å². The van der Waals surface area contributed by atoms with E-state index in [4.69, 9.17) is 9.47 Å². The van der Waals surface area contributed by atoms with Gasteiger partial charge in [0.25, 0.3) is 5.91 Å². The zero-order valence-electron chi connectivity index (χ0n) is 21.6. The Hall–Kier alpha value is -5.44. The van der Waals surface area contributed by atoms with Gasteiger partial charge in [-0.2, -0.15) is 0 Å². The minimum absolute atomic E-state index is 0.275. The van der Waals surface area contributed by atoms with Gasteiger partial charge in [0.05, 0.1) is 17.8 Å². The van der Waals surface area contributed by atoms with Crippen LogP contribution in [0.4, 0.5) is 11.5 Å². The van der Waals surface area contributed by atoms with Crippen molar-refractivity contribution in [1.82, 2.24) is 14.5 Å². The van der Waals surface area contributed by atoms with Gasteiger partial charge in [-0.3, -0.25) is 14.6 Å². The summed E-state index contributed by atoms with van der Waals surface area (Å²) in [6.07, 6.45) is 9.24. The Balaban J connectivity index is 1.33. The van der Waals surface area contributed by atoms with Crippen LogP contribution in [0.2, 0.25) is 0 Å². The summed E-state index contributed by atoms with van der Waals surface area (Å²) in [5.41, 5.74) is 1.59. The standard InChI is InChI=1S/C31H27N5O4/c1-2-30(37)34-26-20-24-25(21-28(26)39-19-7-18-36-16-5-6-17-36)32-15-13-27(24)40-23-11-9-22(10-12-23)31(38)35-29-8-3-4-14-33-29/h2-6,8-17,20-21H,1,7,18-19H2,(H,34,37)(H,33,35,38). The van der Waals surface area contributed by atoms with Gasteiger partial charge in [-0.1, -0.05) is 12.6 Å². The number of aryl methyl sites for hydroxylation is 1. The Morgan fingerprint density at radius 1 is 0.900 bits per heavy atom. The molecule has 0 aliphatic rings. The van der Waals surface area contributed by atoms with Gasteiger partial charge >= 0.3 is 0 Å². The number of aromatic nitrogens is 3. The molecule has 5 rings (SSSR count).